The van der Waals surface area contributed by atoms with Crippen LogP contribution < -0.4 is 10.6 Å². The minimum Gasteiger partial charge on any atom is -0.383 e. The SMILES string of the molecule is Cc1noc(-c2ccccc2)c1NC(=O)NCC(C)(O)c1cccs1. The molecule has 130 valence electrons. The van der Waals surface area contributed by atoms with Gasteiger partial charge in [-0.3, -0.25) is 0 Å². The summed E-state index contributed by atoms with van der Waals surface area (Å²) in [7, 11) is 0. The van der Waals surface area contributed by atoms with Gasteiger partial charge in [-0.25, -0.2) is 4.79 Å². The Bertz CT molecular complexity index is 842. The lowest BCUT2D eigenvalue weighted by atomic mass is 10.1. The van der Waals surface area contributed by atoms with Crippen molar-refractivity contribution >= 4 is 23.1 Å². The molecule has 3 N–H and O–H groups in total. The van der Waals surface area contributed by atoms with E-state index in [1.165, 1.54) is 11.3 Å². The molecule has 2 amide bonds. The van der Waals surface area contributed by atoms with Crippen LogP contribution in [0.25, 0.3) is 11.3 Å². The zero-order chi connectivity index (χ0) is 17.9. The first-order valence-electron chi connectivity index (χ1n) is 7.80. The second-order valence-electron chi connectivity index (χ2n) is 5.90. The van der Waals surface area contributed by atoms with Crippen LogP contribution in [0.2, 0.25) is 0 Å². The summed E-state index contributed by atoms with van der Waals surface area (Å²) in [5, 5.41) is 21.7. The largest absolute Gasteiger partial charge is 0.383 e. The number of urea groups is 1. The highest BCUT2D eigenvalue weighted by Crippen LogP contribution is 2.30. The first kappa shape index (κ1) is 17.2. The van der Waals surface area contributed by atoms with Crippen LogP contribution in [0.15, 0.2) is 52.4 Å². The number of carbonyl (C=O) groups is 1. The molecule has 1 atom stereocenters. The Morgan fingerprint density at radius 1 is 1.28 bits per heavy atom. The lowest BCUT2D eigenvalue weighted by Gasteiger charge is -2.22. The number of carbonyl (C=O) groups excluding carboxylic acids is 1. The summed E-state index contributed by atoms with van der Waals surface area (Å²) in [6.07, 6.45) is 0. The third-order valence-corrected chi connectivity index (χ3v) is 4.91. The second kappa shape index (κ2) is 7.08. The summed E-state index contributed by atoms with van der Waals surface area (Å²) in [5.41, 5.74) is 0.791. The van der Waals surface area contributed by atoms with Gasteiger partial charge in [0.2, 0.25) is 0 Å². The summed E-state index contributed by atoms with van der Waals surface area (Å²) in [6, 6.07) is 12.7. The Morgan fingerprint density at radius 2 is 2.04 bits per heavy atom. The van der Waals surface area contributed by atoms with Crippen LogP contribution in [0, 0.1) is 6.92 Å². The van der Waals surface area contributed by atoms with E-state index in [1.54, 1.807) is 13.8 Å². The van der Waals surface area contributed by atoms with E-state index in [2.05, 4.69) is 15.8 Å². The monoisotopic (exact) mass is 357 g/mol. The molecule has 2 heterocycles. The molecule has 0 saturated carbocycles. The highest BCUT2D eigenvalue weighted by Gasteiger charge is 2.25. The summed E-state index contributed by atoms with van der Waals surface area (Å²) < 4.78 is 5.35. The molecule has 0 radical (unpaired) electrons. The molecule has 0 aliphatic rings. The Kier molecular flexibility index (Phi) is 4.87. The number of amides is 2. The standard InChI is InChI=1S/C18H19N3O3S/c1-12-15(16(24-21-12)13-7-4-3-5-8-13)20-17(22)19-11-18(2,23)14-9-6-10-25-14/h3-10,23H,11H2,1-2H3,(H2,19,20,22). The van der Waals surface area contributed by atoms with Crippen LogP contribution in [-0.4, -0.2) is 22.8 Å². The van der Waals surface area contributed by atoms with Gasteiger partial charge in [0.1, 0.15) is 17.0 Å². The number of hydrogen-bond donors (Lipinski definition) is 3. The predicted octanol–water partition coefficient (Wildman–Crippen LogP) is 3.74. The van der Waals surface area contributed by atoms with Gasteiger partial charge in [-0.1, -0.05) is 41.6 Å². The quantitative estimate of drug-likeness (QED) is 0.649. The summed E-state index contributed by atoms with van der Waals surface area (Å²) >= 11 is 1.44. The number of benzene rings is 1. The van der Waals surface area contributed by atoms with Crippen molar-refractivity contribution in [2.45, 2.75) is 19.4 Å². The van der Waals surface area contributed by atoms with Gasteiger partial charge < -0.3 is 20.3 Å². The third kappa shape index (κ3) is 3.89. The van der Waals surface area contributed by atoms with E-state index >= 15 is 0 Å². The number of nitrogens with one attached hydrogen (secondary N) is 2. The fraction of sp³-hybridized carbons (Fsp3) is 0.222. The number of thiophene rings is 1. The molecular formula is C18H19N3O3S. The molecule has 1 unspecified atom stereocenters. The van der Waals surface area contributed by atoms with Gasteiger partial charge in [0.25, 0.3) is 0 Å². The van der Waals surface area contributed by atoms with Gasteiger partial charge in [0.15, 0.2) is 5.76 Å². The van der Waals surface area contributed by atoms with Crippen molar-refractivity contribution in [1.82, 2.24) is 10.5 Å². The maximum Gasteiger partial charge on any atom is 0.319 e. The van der Waals surface area contributed by atoms with Gasteiger partial charge in [-0.05, 0) is 25.3 Å². The van der Waals surface area contributed by atoms with E-state index in [0.29, 0.717) is 17.1 Å². The second-order valence-corrected chi connectivity index (χ2v) is 6.84. The molecular weight excluding hydrogens is 338 g/mol. The molecule has 2 aromatic heterocycles. The van der Waals surface area contributed by atoms with Crippen LogP contribution in [0.4, 0.5) is 10.5 Å². The zero-order valence-electron chi connectivity index (χ0n) is 13.9. The molecule has 0 aliphatic carbocycles. The zero-order valence-corrected chi connectivity index (χ0v) is 14.8. The van der Waals surface area contributed by atoms with Gasteiger partial charge in [0.05, 0.1) is 6.54 Å². The summed E-state index contributed by atoms with van der Waals surface area (Å²) in [6.45, 7) is 3.51. The number of nitrogens with zero attached hydrogens (tertiary/aromatic N) is 1. The average molecular weight is 357 g/mol. The molecule has 3 rings (SSSR count). The Hall–Kier alpha value is -2.64. The maximum atomic E-state index is 12.3. The van der Waals surface area contributed by atoms with E-state index < -0.39 is 11.6 Å². The van der Waals surface area contributed by atoms with Crippen molar-refractivity contribution in [2.24, 2.45) is 0 Å². The Balaban J connectivity index is 1.69. The molecule has 0 saturated heterocycles. The van der Waals surface area contributed by atoms with Crippen molar-refractivity contribution < 1.29 is 14.4 Å². The minimum absolute atomic E-state index is 0.0876. The third-order valence-electron chi connectivity index (χ3n) is 3.78. The van der Waals surface area contributed by atoms with Crippen LogP contribution in [-0.2, 0) is 5.60 Å². The minimum atomic E-state index is -1.13. The maximum absolute atomic E-state index is 12.3. The fourth-order valence-corrected chi connectivity index (χ4v) is 3.17. The molecule has 1 aromatic carbocycles. The lowest BCUT2D eigenvalue weighted by molar-refractivity contribution is 0.0637. The van der Waals surface area contributed by atoms with Gasteiger partial charge in [-0.2, -0.15) is 0 Å². The van der Waals surface area contributed by atoms with E-state index in [-0.39, 0.29) is 6.54 Å². The van der Waals surface area contributed by atoms with E-state index in [1.807, 2.05) is 47.8 Å². The van der Waals surface area contributed by atoms with Gasteiger partial charge in [-0.15, -0.1) is 11.3 Å². The van der Waals surface area contributed by atoms with Crippen molar-refractivity contribution in [3.05, 3.63) is 58.4 Å². The first-order chi connectivity index (χ1) is 12.0. The summed E-state index contributed by atoms with van der Waals surface area (Å²) in [5.74, 6) is 0.498. The van der Waals surface area contributed by atoms with Crippen LogP contribution >= 0.6 is 11.3 Å². The lowest BCUT2D eigenvalue weighted by Crippen LogP contribution is -2.40. The average Bonchev–Trinajstić information content (AvgIpc) is 3.26. The van der Waals surface area contributed by atoms with Crippen LogP contribution in [0.5, 0.6) is 0 Å². The van der Waals surface area contributed by atoms with E-state index in [9.17, 15) is 9.90 Å². The Morgan fingerprint density at radius 3 is 2.72 bits per heavy atom. The molecule has 0 spiro atoms. The van der Waals surface area contributed by atoms with Crippen molar-refractivity contribution in [2.75, 3.05) is 11.9 Å². The van der Waals surface area contributed by atoms with Crippen molar-refractivity contribution in [1.29, 1.82) is 0 Å². The van der Waals surface area contributed by atoms with E-state index in [0.717, 1.165) is 10.4 Å². The highest BCUT2D eigenvalue weighted by atomic mass is 32.1. The van der Waals surface area contributed by atoms with Crippen molar-refractivity contribution in [3.8, 4) is 11.3 Å². The highest BCUT2D eigenvalue weighted by molar-refractivity contribution is 7.10. The Labute approximate surface area is 149 Å². The number of aliphatic hydroxyl groups is 1. The number of aromatic nitrogens is 1. The molecule has 0 aliphatic heterocycles. The number of anilines is 1. The number of aryl methyl sites for hydroxylation is 1. The van der Waals surface area contributed by atoms with Gasteiger partial charge >= 0.3 is 6.03 Å². The van der Waals surface area contributed by atoms with Crippen molar-refractivity contribution in [3.63, 3.8) is 0 Å². The molecule has 6 nitrogen and oxygen atoms in total. The molecule has 3 aromatic rings. The van der Waals surface area contributed by atoms with Crippen LogP contribution in [0.1, 0.15) is 17.5 Å². The molecule has 0 fully saturated rings. The smallest absolute Gasteiger partial charge is 0.319 e. The van der Waals surface area contributed by atoms with Crippen LogP contribution in [0.3, 0.4) is 0 Å². The number of hydrogen-bond acceptors (Lipinski definition) is 5. The molecule has 7 heteroatoms. The molecule has 0 bridgehead atoms. The predicted molar refractivity (Wildman–Crippen MR) is 97.6 cm³/mol. The summed E-state index contributed by atoms with van der Waals surface area (Å²) in [4.78, 5) is 13.1. The fourth-order valence-electron chi connectivity index (χ4n) is 2.39. The first-order valence-corrected chi connectivity index (χ1v) is 8.68. The topological polar surface area (TPSA) is 87.4 Å². The number of rotatable bonds is 5. The van der Waals surface area contributed by atoms with Gasteiger partial charge in [0, 0.05) is 10.4 Å². The van der Waals surface area contributed by atoms with E-state index in [4.69, 9.17) is 4.52 Å². The normalized spacial score (nSPS) is 13.2. The molecule has 25 heavy (non-hydrogen) atoms.